The monoisotopic (exact) mass is 248 g/mol. The van der Waals surface area contributed by atoms with E-state index in [2.05, 4.69) is 4.98 Å². The van der Waals surface area contributed by atoms with Gasteiger partial charge in [-0.3, -0.25) is 4.79 Å². The number of aliphatic hydroxyl groups is 1. The van der Waals surface area contributed by atoms with Gasteiger partial charge >= 0.3 is 0 Å². The lowest BCUT2D eigenvalue weighted by atomic mass is 10.1. The molecule has 0 aliphatic rings. The van der Waals surface area contributed by atoms with Gasteiger partial charge < -0.3 is 14.4 Å². The number of rotatable bonds is 4. The summed E-state index contributed by atoms with van der Waals surface area (Å²) in [6.45, 7) is 2.03. The average Bonchev–Trinajstić information content (AvgIpc) is 2.82. The van der Waals surface area contributed by atoms with Gasteiger partial charge in [0.2, 0.25) is 0 Å². The number of oxazole rings is 1. The smallest absolute Gasteiger partial charge is 0.250 e. The van der Waals surface area contributed by atoms with E-state index < -0.39 is 6.10 Å². The molecule has 1 heterocycles. The molecular formula is C13H16N2O3. The summed E-state index contributed by atoms with van der Waals surface area (Å²) >= 11 is 0. The van der Waals surface area contributed by atoms with Gasteiger partial charge in [0.05, 0.1) is 0 Å². The summed E-state index contributed by atoms with van der Waals surface area (Å²) in [6.07, 6.45) is 1.18. The Morgan fingerprint density at radius 1 is 1.56 bits per heavy atom. The first-order valence-corrected chi connectivity index (χ1v) is 5.83. The van der Waals surface area contributed by atoms with E-state index in [0.29, 0.717) is 13.0 Å². The number of likely N-dealkylation sites (N-methyl/N-ethyl adjacent to an activating group) is 1. The van der Waals surface area contributed by atoms with Crippen LogP contribution in [0.4, 0.5) is 0 Å². The molecule has 0 aliphatic carbocycles. The number of amides is 1. The Kier molecular flexibility index (Phi) is 3.62. The van der Waals surface area contributed by atoms with Crippen LogP contribution in [-0.2, 0) is 11.2 Å². The van der Waals surface area contributed by atoms with Crippen LogP contribution in [0, 0.1) is 0 Å². The van der Waals surface area contributed by atoms with Crippen molar-refractivity contribution in [2.75, 3.05) is 13.6 Å². The molecule has 96 valence electrons. The van der Waals surface area contributed by atoms with E-state index in [4.69, 9.17) is 4.42 Å². The molecule has 1 unspecified atom stereocenters. The molecule has 0 spiro atoms. The molecule has 0 radical (unpaired) electrons. The molecule has 5 nitrogen and oxygen atoms in total. The molecular weight excluding hydrogens is 232 g/mol. The van der Waals surface area contributed by atoms with Gasteiger partial charge in [0.1, 0.15) is 11.6 Å². The highest BCUT2D eigenvalue weighted by molar-refractivity contribution is 5.80. The van der Waals surface area contributed by atoms with Gasteiger partial charge in [-0.2, -0.15) is 0 Å². The zero-order valence-corrected chi connectivity index (χ0v) is 10.5. The summed E-state index contributed by atoms with van der Waals surface area (Å²) in [6, 6.07) is 5.78. The van der Waals surface area contributed by atoms with E-state index in [1.54, 1.807) is 7.05 Å². The summed E-state index contributed by atoms with van der Waals surface area (Å²) in [7, 11) is 1.68. The molecule has 2 rings (SSSR count). The van der Waals surface area contributed by atoms with Crippen molar-refractivity contribution in [3.05, 3.63) is 30.2 Å². The zero-order valence-electron chi connectivity index (χ0n) is 10.5. The van der Waals surface area contributed by atoms with E-state index in [9.17, 15) is 9.90 Å². The third-order valence-electron chi connectivity index (χ3n) is 2.87. The Hall–Kier alpha value is -1.88. The molecule has 1 atom stereocenters. The molecule has 0 bridgehead atoms. The van der Waals surface area contributed by atoms with E-state index in [1.165, 1.54) is 18.2 Å². The number of carbonyl (C=O) groups is 1. The van der Waals surface area contributed by atoms with Crippen LogP contribution in [0.2, 0.25) is 0 Å². The summed E-state index contributed by atoms with van der Waals surface area (Å²) < 4.78 is 5.22. The fourth-order valence-electron chi connectivity index (χ4n) is 1.78. The van der Waals surface area contributed by atoms with Gasteiger partial charge in [-0.1, -0.05) is 6.07 Å². The van der Waals surface area contributed by atoms with Crippen molar-refractivity contribution in [1.29, 1.82) is 0 Å². The van der Waals surface area contributed by atoms with Crippen molar-refractivity contribution in [1.82, 2.24) is 9.88 Å². The van der Waals surface area contributed by atoms with Crippen molar-refractivity contribution in [2.24, 2.45) is 0 Å². The molecule has 1 amide bonds. The Balaban J connectivity index is 1.99. The SMILES string of the molecule is CC(O)C(=O)N(C)CCc1ccc2ncoc2c1. The second kappa shape index (κ2) is 5.18. The highest BCUT2D eigenvalue weighted by Gasteiger charge is 2.14. The molecule has 1 aromatic heterocycles. The molecule has 18 heavy (non-hydrogen) atoms. The molecule has 0 saturated heterocycles. The van der Waals surface area contributed by atoms with E-state index >= 15 is 0 Å². The Labute approximate surface area is 105 Å². The maximum absolute atomic E-state index is 11.5. The topological polar surface area (TPSA) is 66.6 Å². The minimum Gasteiger partial charge on any atom is -0.443 e. The standard InChI is InChI=1S/C13H16N2O3/c1-9(16)13(17)15(2)6-5-10-3-4-11-12(7-10)18-8-14-11/h3-4,7-9,16H,5-6H2,1-2H3. The van der Waals surface area contributed by atoms with Crippen LogP contribution in [-0.4, -0.2) is 40.6 Å². The zero-order chi connectivity index (χ0) is 13.1. The largest absolute Gasteiger partial charge is 0.443 e. The van der Waals surface area contributed by atoms with Crippen LogP contribution in [0.25, 0.3) is 11.1 Å². The third-order valence-corrected chi connectivity index (χ3v) is 2.87. The fraction of sp³-hybridized carbons (Fsp3) is 0.385. The van der Waals surface area contributed by atoms with Crippen LogP contribution in [0.1, 0.15) is 12.5 Å². The molecule has 0 aliphatic heterocycles. The minimum absolute atomic E-state index is 0.268. The molecule has 1 aromatic carbocycles. The number of hydrogen-bond donors (Lipinski definition) is 1. The van der Waals surface area contributed by atoms with Gasteiger partial charge in [0.15, 0.2) is 12.0 Å². The lowest BCUT2D eigenvalue weighted by Crippen LogP contribution is -2.35. The first kappa shape index (κ1) is 12.6. The number of fused-ring (bicyclic) bond motifs is 1. The second-order valence-corrected chi connectivity index (χ2v) is 4.34. The molecule has 1 N–H and O–H groups in total. The second-order valence-electron chi connectivity index (χ2n) is 4.34. The number of hydrogen-bond acceptors (Lipinski definition) is 4. The minimum atomic E-state index is -0.952. The molecule has 0 fully saturated rings. The Bertz CT molecular complexity index is 548. The fourth-order valence-corrected chi connectivity index (χ4v) is 1.78. The summed E-state index contributed by atoms with van der Waals surface area (Å²) in [4.78, 5) is 17.0. The van der Waals surface area contributed by atoms with Gasteiger partial charge in [-0.25, -0.2) is 4.98 Å². The van der Waals surface area contributed by atoms with E-state index in [0.717, 1.165) is 16.7 Å². The van der Waals surface area contributed by atoms with Crippen LogP contribution < -0.4 is 0 Å². The van der Waals surface area contributed by atoms with Crippen molar-refractivity contribution in [2.45, 2.75) is 19.4 Å². The first-order valence-electron chi connectivity index (χ1n) is 5.83. The number of aromatic nitrogens is 1. The van der Waals surface area contributed by atoms with Gasteiger partial charge in [-0.15, -0.1) is 0 Å². The number of aliphatic hydroxyl groups excluding tert-OH is 1. The third kappa shape index (κ3) is 2.68. The number of carbonyl (C=O) groups excluding carboxylic acids is 1. The highest BCUT2D eigenvalue weighted by Crippen LogP contribution is 2.14. The Morgan fingerprint density at radius 3 is 3.06 bits per heavy atom. The highest BCUT2D eigenvalue weighted by atomic mass is 16.3. The molecule has 0 saturated carbocycles. The van der Waals surface area contributed by atoms with Gasteiger partial charge in [0.25, 0.3) is 5.91 Å². The lowest BCUT2D eigenvalue weighted by molar-refractivity contribution is -0.137. The summed E-state index contributed by atoms with van der Waals surface area (Å²) in [5, 5.41) is 9.19. The predicted octanol–water partition coefficient (Wildman–Crippen LogP) is 1.21. The lowest BCUT2D eigenvalue weighted by Gasteiger charge is -2.18. The van der Waals surface area contributed by atoms with E-state index in [-0.39, 0.29) is 5.91 Å². The van der Waals surface area contributed by atoms with Crippen LogP contribution in [0.15, 0.2) is 29.0 Å². The van der Waals surface area contributed by atoms with Crippen LogP contribution >= 0.6 is 0 Å². The predicted molar refractivity (Wildman–Crippen MR) is 67.0 cm³/mol. The molecule has 2 aromatic rings. The van der Waals surface area contributed by atoms with Gasteiger partial charge in [-0.05, 0) is 31.0 Å². The number of nitrogens with zero attached hydrogens (tertiary/aromatic N) is 2. The average molecular weight is 248 g/mol. The van der Waals surface area contributed by atoms with Crippen molar-refractivity contribution >= 4 is 17.0 Å². The molecule has 5 heteroatoms. The van der Waals surface area contributed by atoms with Crippen LogP contribution in [0.5, 0.6) is 0 Å². The quantitative estimate of drug-likeness (QED) is 0.883. The maximum Gasteiger partial charge on any atom is 0.250 e. The van der Waals surface area contributed by atoms with Crippen LogP contribution in [0.3, 0.4) is 0 Å². The van der Waals surface area contributed by atoms with Crippen molar-refractivity contribution < 1.29 is 14.3 Å². The summed E-state index contributed by atoms with van der Waals surface area (Å²) in [5.74, 6) is -0.268. The summed E-state index contributed by atoms with van der Waals surface area (Å²) in [5.41, 5.74) is 2.65. The van der Waals surface area contributed by atoms with Crippen molar-refractivity contribution in [3.8, 4) is 0 Å². The Morgan fingerprint density at radius 2 is 2.33 bits per heavy atom. The number of benzene rings is 1. The van der Waals surface area contributed by atoms with Gasteiger partial charge in [0, 0.05) is 13.6 Å². The maximum atomic E-state index is 11.5. The van der Waals surface area contributed by atoms with E-state index in [1.807, 2.05) is 18.2 Å². The normalized spacial score (nSPS) is 12.6. The first-order chi connectivity index (χ1) is 8.58. The van der Waals surface area contributed by atoms with Crippen molar-refractivity contribution in [3.63, 3.8) is 0 Å².